The van der Waals surface area contributed by atoms with Crippen molar-refractivity contribution in [2.45, 2.75) is 0 Å². The Morgan fingerprint density at radius 1 is 1.00 bits per heavy atom. The van der Waals surface area contributed by atoms with E-state index in [1.165, 1.54) is 25.3 Å². The summed E-state index contributed by atoms with van der Waals surface area (Å²) in [6.45, 7) is 0. The highest BCUT2D eigenvalue weighted by Gasteiger charge is 2.16. The molecule has 0 spiro atoms. The second-order valence-electron chi connectivity index (χ2n) is 4.71. The van der Waals surface area contributed by atoms with Crippen LogP contribution in [-0.4, -0.2) is 35.2 Å². The molecule has 0 unspecified atom stereocenters. The molecule has 0 heterocycles. The third kappa shape index (κ3) is 3.90. The minimum Gasteiger partial charge on any atom is -0.496 e. The SMILES string of the molecule is COc1ccc(Br)cc1C(=O)Nc1cc(C(=O)O)cc(C(=O)O)c1. The van der Waals surface area contributed by atoms with Crippen LogP contribution in [0, 0.1) is 0 Å². The normalized spacial score (nSPS) is 10.1. The summed E-state index contributed by atoms with van der Waals surface area (Å²) >= 11 is 3.25. The molecule has 0 aliphatic heterocycles. The maximum absolute atomic E-state index is 12.4. The van der Waals surface area contributed by atoms with E-state index in [9.17, 15) is 14.4 Å². The minimum absolute atomic E-state index is 0.0549. The average Bonchev–Trinajstić information content (AvgIpc) is 2.54. The van der Waals surface area contributed by atoms with E-state index in [1.54, 1.807) is 12.1 Å². The van der Waals surface area contributed by atoms with Gasteiger partial charge in [-0.1, -0.05) is 15.9 Å². The number of rotatable bonds is 5. The number of aromatic carboxylic acids is 2. The number of carboxylic acid groups (broad SMARTS) is 2. The van der Waals surface area contributed by atoms with Crippen molar-refractivity contribution in [1.82, 2.24) is 0 Å². The van der Waals surface area contributed by atoms with Gasteiger partial charge in [-0.15, -0.1) is 0 Å². The van der Waals surface area contributed by atoms with E-state index in [0.717, 1.165) is 6.07 Å². The van der Waals surface area contributed by atoms with Gasteiger partial charge in [0.1, 0.15) is 5.75 Å². The fourth-order valence-electron chi connectivity index (χ4n) is 2.00. The Kier molecular flexibility index (Phi) is 5.20. The quantitative estimate of drug-likeness (QED) is 0.719. The highest BCUT2D eigenvalue weighted by molar-refractivity contribution is 9.10. The maximum Gasteiger partial charge on any atom is 0.335 e. The number of amides is 1. The lowest BCUT2D eigenvalue weighted by Crippen LogP contribution is -2.14. The van der Waals surface area contributed by atoms with E-state index in [1.807, 2.05) is 0 Å². The first-order valence-corrected chi connectivity index (χ1v) is 7.37. The zero-order valence-electron chi connectivity index (χ0n) is 12.4. The van der Waals surface area contributed by atoms with Crippen LogP contribution in [0.5, 0.6) is 5.75 Å². The second-order valence-corrected chi connectivity index (χ2v) is 5.62. The Morgan fingerprint density at radius 3 is 2.08 bits per heavy atom. The third-order valence-corrected chi connectivity index (χ3v) is 3.58. The zero-order chi connectivity index (χ0) is 17.9. The predicted octanol–water partition coefficient (Wildman–Crippen LogP) is 3.11. The molecule has 0 saturated carbocycles. The van der Waals surface area contributed by atoms with Gasteiger partial charge in [-0.3, -0.25) is 4.79 Å². The number of ether oxygens (including phenoxy) is 1. The van der Waals surface area contributed by atoms with Crippen LogP contribution in [0.2, 0.25) is 0 Å². The summed E-state index contributed by atoms with van der Waals surface area (Å²) in [5.74, 6) is -2.84. The first kappa shape index (κ1) is 17.5. The van der Waals surface area contributed by atoms with E-state index in [-0.39, 0.29) is 22.4 Å². The Morgan fingerprint density at radius 2 is 1.58 bits per heavy atom. The van der Waals surface area contributed by atoms with Crippen LogP contribution in [0.15, 0.2) is 40.9 Å². The van der Waals surface area contributed by atoms with Crippen LogP contribution in [0.4, 0.5) is 5.69 Å². The molecule has 1 amide bonds. The number of halogens is 1. The molecule has 0 aliphatic carbocycles. The Bertz CT molecular complexity index is 801. The van der Waals surface area contributed by atoms with Gasteiger partial charge in [0.15, 0.2) is 0 Å². The van der Waals surface area contributed by atoms with E-state index < -0.39 is 17.8 Å². The molecule has 0 saturated heterocycles. The van der Waals surface area contributed by atoms with Crippen molar-refractivity contribution in [3.63, 3.8) is 0 Å². The molecule has 7 nitrogen and oxygen atoms in total. The molecule has 0 atom stereocenters. The molecular formula is C16H12BrNO6. The Balaban J connectivity index is 2.40. The lowest BCUT2D eigenvalue weighted by molar-refractivity contribution is 0.0696. The van der Waals surface area contributed by atoms with Gasteiger partial charge in [-0.2, -0.15) is 0 Å². The molecule has 2 aromatic carbocycles. The van der Waals surface area contributed by atoms with E-state index in [4.69, 9.17) is 14.9 Å². The van der Waals surface area contributed by atoms with Crippen molar-refractivity contribution in [2.75, 3.05) is 12.4 Å². The molecule has 2 rings (SSSR count). The van der Waals surface area contributed by atoms with Crippen LogP contribution in [0.3, 0.4) is 0 Å². The number of hydrogen-bond acceptors (Lipinski definition) is 4. The van der Waals surface area contributed by atoms with Crippen molar-refractivity contribution in [2.24, 2.45) is 0 Å². The number of methoxy groups -OCH3 is 1. The lowest BCUT2D eigenvalue weighted by Gasteiger charge is -2.11. The molecule has 0 fully saturated rings. The smallest absolute Gasteiger partial charge is 0.335 e. The summed E-state index contributed by atoms with van der Waals surface area (Å²) in [4.78, 5) is 34.6. The van der Waals surface area contributed by atoms with Gasteiger partial charge in [-0.25, -0.2) is 9.59 Å². The number of hydrogen-bond donors (Lipinski definition) is 3. The fraction of sp³-hybridized carbons (Fsp3) is 0.0625. The topological polar surface area (TPSA) is 113 Å². The van der Waals surface area contributed by atoms with Gasteiger partial charge in [-0.05, 0) is 36.4 Å². The Labute approximate surface area is 145 Å². The number of anilines is 1. The molecule has 0 aromatic heterocycles. The highest BCUT2D eigenvalue weighted by Crippen LogP contribution is 2.24. The van der Waals surface area contributed by atoms with Crippen LogP contribution >= 0.6 is 15.9 Å². The molecule has 0 radical (unpaired) electrons. The van der Waals surface area contributed by atoms with Gasteiger partial charge in [0.05, 0.1) is 23.8 Å². The molecule has 2 aromatic rings. The summed E-state index contributed by atoms with van der Waals surface area (Å²) in [7, 11) is 1.41. The average molecular weight is 394 g/mol. The van der Waals surface area contributed by atoms with Crippen molar-refractivity contribution in [1.29, 1.82) is 0 Å². The molecule has 24 heavy (non-hydrogen) atoms. The van der Waals surface area contributed by atoms with Crippen molar-refractivity contribution in [3.05, 3.63) is 57.6 Å². The summed E-state index contributed by atoms with van der Waals surface area (Å²) in [6, 6.07) is 8.19. The largest absolute Gasteiger partial charge is 0.496 e. The van der Waals surface area contributed by atoms with Gasteiger partial charge in [0, 0.05) is 10.2 Å². The second kappa shape index (κ2) is 7.14. The van der Waals surface area contributed by atoms with Crippen molar-refractivity contribution in [3.8, 4) is 5.75 Å². The minimum atomic E-state index is -1.30. The molecular weight excluding hydrogens is 382 g/mol. The third-order valence-electron chi connectivity index (χ3n) is 3.09. The Hall–Kier alpha value is -2.87. The van der Waals surface area contributed by atoms with E-state index >= 15 is 0 Å². The van der Waals surface area contributed by atoms with Crippen LogP contribution in [-0.2, 0) is 0 Å². The lowest BCUT2D eigenvalue weighted by atomic mass is 10.1. The molecule has 124 valence electrons. The number of carbonyl (C=O) groups excluding carboxylic acids is 1. The predicted molar refractivity (Wildman–Crippen MR) is 89.0 cm³/mol. The standard InChI is InChI=1S/C16H12BrNO6/c1-24-13-3-2-10(17)7-12(13)14(19)18-11-5-8(15(20)21)4-9(6-11)16(22)23/h2-7H,1H3,(H,18,19)(H,20,21)(H,22,23). The van der Waals surface area contributed by atoms with Crippen molar-refractivity contribution >= 4 is 39.5 Å². The van der Waals surface area contributed by atoms with Gasteiger partial charge >= 0.3 is 11.9 Å². The van der Waals surface area contributed by atoms with Crippen molar-refractivity contribution < 1.29 is 29.3 Å². The van der Waals surface area contributed by atoms with Gasteiger partial charge in [0.25, 0.3) is 5.91 Å². The molecule has 8 heteroatoms. The zero-order valence-corrected chi connectivity index (χ0v) is 14.0. The highest BCUT2D eigenvalue weighted by atomic mass is 79.9. The monoisotopic (exact) mass is 393 g/mol. The molecule has 3 N–H and O–H groups in total. The number of carbonyl (C=O) groups is 3. The first-order chi connectivity index (χ1) is 11.3. The number of benzene rings is 2. The van der Waals surface area contributed by atoms with Crippen LogP contribution in [0.1, 0.15) is 31.1 Å². The number of nitrogens with one attached hydrogen (secondary N) is 1. The maximum atomic E-state index is 12.4. The summed E-state index contributed by atoms with van der Waals surface area (Å²) in [5.41, 5.74) is -0.221. The fourth-order valence-corrected chi connectivity index (χ4v) is 2.36. The molecule has 0 bridgehead atoms. The van der Waals surface area contributed by atoms with Gasteiger partial charge < -0.3 is 20.3 Å². The summed E-state index contributed by atoms with van der Waals surface area (Å²) < 4.78 is 5.76. The van der Waals surface area contributed by atoms with E-state index in [0.29, 0.717) is 10.2 Å². The summed E-state index contributed by atoms with van der Waals surface area (Å²) in [6.07, 6.45) is 0. The summed E-state index contributed by atoms with van der Waals surface area (Å²) in [5, 5.41) is 20.6. The van der Waals surface area contributed by atoms with Crippen LogP contribution in [0.25, 0.3) is 0 Å². The molecule has 0 aliphatic rings. The van der Waals surface area contributed by atoms with E-state index in [2.05, 4.69) is 21.2 Å². The first-order valence-electron chi connectivity index (χ1n) is 6.58. The number of carboxylic acids is 2. The van der Waals surface area contributed by atoms with Crippen LogP contribution < -0.4 is 10.1 Å². The van der Waals surface area contributed by atoms with Gasteiger partial charge in [0.2, 0.25) is 0 Å².